The summed E-state index contributed by atoms with van der Waals surface area (Å²) >= 11 is 5.36. The van der Waals surface area contributed by atoms with Crippen molar-refractivity contribution in [3.63, 3.8) is 0 Å². The van der Waals surface area contributed by atoms with E-state index in [9.17, 15) is 5.26 Å². The lowest BCUT2D eigenvalue weighted by Crippen LogP contribution is -2.08. The minimum Gasteiger partial charge on any atom is -0.340 e. The number of fused-ring (bicyclic) bond motifs is 1. The van der Waals surface area contributed by atoms with Gasteiger partial charge < -0.3 is 10.3 Å². The van der Waals surface area contributed by atoms with E-state index >= 15 is 0 Å². The van der Waals surface area contributed by atoms with Crippen LogP contribution in [0, 0.1) is 22.9 Å². The molecule has 126 valence electrons. The third-order valence-corrected chi connectivity index (χ3v) is 4.46. The molecule has 0 atom stereocenters. The number of benzene rings is 2. The summed E-state index contributed by atoms with van der Waals surface area (Å²) in [6.07, 6.45) is 0. The number of rotatable bonds is 3. The molecule has 0 bridgehead atoms. The van der Waals surface area contributed by atoms with E-state index in [2.05, 4.69) is 26.7 Å². The van der Waals surface area contributed by atoms with Crippen molar-refractivity contribution in [2.45, 2.75) is 6.92 Å². The van der Waals surface area contributed by atoms with Crippen LogP contribution in [-0.4, -0.2) is 20.0 Å². The highest BCUT2D eigenvalue weighted by Crippen LogP contribution is 2.29. The molecule has 7 heteroatoms. The number of anilines is 2. The maximum atomic E-state index is 9.51. The van der Waals surface area contributed by atoms with Crippen molar-refractivity contribution in [2.24, 2.45) is 0 Å². The van der Waals surface area contributed by atoms with Gasteiger partial charge in [-0.3, -0.25) is 0 Å². The van der Waals surface area contributed by atoms with Crippen LogP contribution in [0.1, 0.15) is 11.1 Å². The van der Waals surface area contributed by atoms with Crippen molar-refractivity contribution in [3.05, 3.63) is 70.4 Å². The lowest BCUT2D eigenvalue weighted by molar-refractivity contribution is 0.815. The molecule has 0 saturated heterocycles. The van der Waals surface area contributed by atoms with E-state index in [1.165, 1.54) is 0 Å². The smallest absolute Gasteiger partial charge is 0.135 e. The van der Waals surface area contributed by atoms with Crippen molar-refractivity contribution < 1.29 is 0 Å². The van der Waals surface area contributed by atoms with Crippen molar-refractivity contribution in [1.29, 1.82) is 5.26 Å². The van der Waals surface area contributed by atoms with Gasteiger partial charge in [-0.05, 0) is 36.8 Å². The first-order valence-corrected chi connectivity index (χ1v) is 8.39. The third-order valence-electron chi connectivity index (χ3n) is 4.15. The molecule has 4 rings (SSSR count). The Hall–Kier alpha value is -3.50. The molecule has 0 amide bonds. The molecule has 2 heterocycles. The zero-order valence-corrected chi connectivity index (χ0v) is 14.7. The fourth-order valence-corrected chi connectivity index (χ4v) is 3.20. The van der Waals surface area contributed by atoms with Crippen LogP contribution in [-0.2, 0) is 0 Å². The summed E-state index contributed by atoms with van der Waals surface area (Å²) in [4.78, 5) is 3.13. The normalized spacial score (nSPS) is 10.6. The summed E-state index contributed by atoms with van der Waals surface area (Å²) in [7, 11) is 0. The summed E-state index contributed by atoms with van der Waals surface area (Å²) in [6.45, 7) is 1.87. The summed E-state index contributed by atoms with van der Waals surface area (Å²) in [5, 5.41) is 21.4. The van der Waals surface area contributed by atoms with Gasteiger partial charge >= 0.3 is 0 Å². The Kier molecular flexibility index (Phi) is 3.95. The molecule has 0 fully saturated rings. The first-order chi connectivity index (χ1) is 12.7. The molecule has 6 nitrogen and oxygen atoms in total. The fourth-order valence-electron chi connectivity index (χ4n) is 2.90. The van der Waals surface area contributed by atoms with Crippen molar-refractivity contribution in [1.82, 2.24) is 20.0 Å². The SMILES string of the molecule is Cc1c(-n2nnc3ccccc32)c(Nc2ccccc2)[nH]c(=S)c1C#N. The highest BCUT2D eigenvalue weighted by Gasteiger charge is 2.18. The lowest BCUT2D eigenvalue weighted by Gasteiger charge is -2.16. The number of nitrogens with zero attached hydrogens (tertiary/aromatic N) is 4. The van der Waals surface area contributed by atoms with Gasteiger partial charge in [0.1, 0.15) is 27.7 Å². The molecule has 0 unspecified atom stereocenters. The molecule has 0 aliphatic heterocycles. The van der Waals surface area contributed by atoms with E-state index in [1.807, 2.05) is 61.5 Å². The Bertz CT molecular complexity index is 1200. The number of aromatic amines is 1. The van der Waals surface area contributed by atoms with Gasteiger partial charge in [0.15, 0.2) is 0 Å². The number of hydrogen-bond acceptors (Lipinski definition) is 5. The molecule has 2 N–H and O–H groups in total. The van der Waals surface area contributed by atoms with Gasteiger partial charge in [-0.15, -0.1) is 5.10 Å². The van der Waals surface area contributed by atoms with Crippen molar-refractivity contribution in [3.8, 4) is 11.8 Å². The second-order valence-electron chi connectivity index (χ2n) is 5.77. The molecule has 0 aliphatic carbocycles. The number of nitrogens with one attached hydrogen (secondary N) is 2. The summed E-state index contributed by atoms with van der Waals surface area (Å²) in [5.74, 6) is 0.661. The number of para-hydroxylation sites is 2. The average molecular weight is 358 g/mol. The Morgan fingerprint density at radius 2 is 1.85 bits per heavy atom. The van der Waals surface area contributed by atoms with E-state index in [1.54, 1.807) is 4.68 Å². The van der Waals surface area contributed by atoms with Gasteiger partial charge in [0.25, 0.3) is 0 Å². The topological polar surface area (TPSA) is 82.3 Å². The molecule has 4 aromatic rings. The van der Waals surface area contributed by atoms with Gasteiger partial charge in [-0.25, -0.2) is 4.68 Å². The van der Waals surface area contributed by atoms with Crippen LogP contribution in [0.4, 0.5) is 11.5 Å². The van der Waals surface area contributed by atoms with Gasteiger partial charge in [0, 0.05) is 5.69 Å². The Morgan fingerprint density at radius 1 is 1.12 bits per heavy atom. The minimum atomic E-state index is 0.386. The third kappa shape index (κ3) is 2.62. The predicted molar refractivity (Wildman–Crippen MR) is 103 cm³/mol. The van der Waals surface area contributed by atoms with Crippen LogP contribution in [0.15, 0.2) is 54.6 Å². The summed E-state index contributed by atoms with van der Waals surface area (Å²) in [5.41, 5.74) is 4.40. The molecule has 26 heavy (non-hydrogen) atoms. The van der Waals surface area contributed by atoms with Crippen LogP contribution in [0.5, 0.6) is 0 Å². The Labute approximate surface area is 154 Å². The molecule has 0 aliphatic rings. The van der Waals surface area contributed by atoms with Gasteiger partial charge in [-0.2, -0.15) is 5.26 Å². The van der Waals surface area contributed by atoms with Gasteiger partial charge in [0.05, 0.1) is 11.1 Å². The van der Waals surface area contributed by atoms with E-state index in [-0.39, 0.29) is 0 Å². The first-order valence-electron chi connectivity index (χ1n) is 7.99. The Morgan fingerprint density at radius 3 is 2.62 bits per heavy atom. The number of aromatic nitrogens is 4. The number of hydrogen-bond donors (Lipinski definition) is 2. The largest absolute Gasteiger partial charge is 0.340 e. The molecular formula is C19H14N6S. The molecule has 0 radical (unpaired) electrons. The average Bonchev–Trinajstić information content (AvgIpc) is 3.07. The van der Waals surface area contributed by atoms with E-state index in [0.717, 1.165) is 22.3 Å². The predicted octanol–water partition coefficient (Wildman–Crippen LogP) is 4.40. The summed E-state index contributed by atoms with van der Waals surface area (Å²) in [6, 6.07) is 19.6. The van der Waals surface area contributed by atoms with E-state index in [4.69, 9.17) is 12.2 Å². The molecular weight excluding hydrogens is 344 g/mol. The second kappa shape index (κ2) is 6.43. The van der Waals surface area contributed by atoms with Crippen molar-refractivity contribution in [2.75, 3.05) is 5.32 Å². The quantitative estimate of drug-likeness (QED) is 0.530. The minimum absolute atomic E-state index is 0.386. The van der Waals surface area contributed by atoms with Crippen LogP contribution in [0.3, 0.4) is 0 Å². The zero-order valence-electron chi connectivity index (χ0n) is 13.9. The molecule has 0 saturated carbocycles. The van der Waals surface area contributed by atoms with E-state index < -0.39 is 0 Å². The Balaban J connectivity index is 2.00. The van der Waals surface area contributed by atoms with Gasteiger partial charge in [-0.1, -0.05) is 47.8 Å². The lowest BCUT2D eigenvalue weighted by atomic mass is 10.1. The highest BCUT2D eigenvalue weighted by atomic mass is 32.1. The monoisotopic (exact) mass is 358 g/mol. The number of H-pyrrole nitrogens is 1. The molecule has 0 spiro atoms. The number of pyridine rings is 1. The first kappa shape index (κ1) is 16.0. The zero-order chi connectivity index (χ0) is 18.1. The van der Waals surface area contributed by atoms with E-state index in [0.29, 0.717) is 21.7 Å². The van der Waals surface area contributed by atoms with Crippen LogP contribution < -0.4 is 5.32 Å². The van der Waals surface area contributed by atoms with Crippen LogP contribution in [0.25, 0.3) is 16.7 Å². The fraction of sp³-hybridized carbons (Fsp3) is 0.0526. The van der Waals surface area contributed by atoms with Crippen molar-refractivity contribution >= 4 is 34.8 Å². The van der Waals surface area contributed by atoms with Gasteiger partial charge in [0.2, 0.25) is 0 Å². The molecule has 2 aromatic carbocycles. The van der Waals surface area contributed by atoms with Crippen LogP contribution >= 0.6 is 12.2 Å². The summed E-state index contributed by atoms with van der Waals surface area (Å²) < 4.78 is 2.11. The second-order valence-corrected chi connectivity index (χ2v) is 6.18. The highest BCUT2D eigenvalue weighted by molar-refractivity contribution is 7.71. The maximum Gasteiger partial charge on any atom is 0.135 e. The maximum absolute atomic E-state index is 9.51. The number of nitriles is 1. The standard InChI is InChI=1S/C19H14N6S/c1-12-14(11-20)19(26)22-18(21-13-7-3-2-4-8-13)17(12)25-16-10-6-5-9-15(16)23-24-25/h2-10H,1H3,(H2,21,22,26). The molecule has 2 aromatic heterocycles. The van der Waals surface area contributed by atoms with Crippen LogP contribution in [0.2, 0.25) is 0 Å².